The molecule has 0 bridgehead atoms. The molecule has 6 nitrogen and oxygen atoms in total. The van der Waals surface area contributed by atoms with Crippen LogP contribution in [-0.2, 0) is 9.84 Å². The molecule has 0 unspecified atom stereocenters. The van der Waals surface area contributed by atoms with Crippen molar-refractivity contribution in [1.82, 2.24) is 5.16 Å². The second-order valence-electron chi connectivity index (χ2n) is 6.13. The summed E-state index contributed by atoms with van der Waals surface area (Å²) in [6.45, 7) is 3.45. The lowest BCUT2D eigenvalue weighted by Crippen LogP contribution is -2.18. The SMILES string of the molecule is Cc1noc(C)c1NC(=O)c1ccc(S(=O)(=O)C2CCCC2)cc1. The number of aryl methyl sites for hydroxylation is 2. The molecule has 0 atom stereocenters. The van der Waals surface area contributed by atoms with Gasteiger partial charge in [-0.3, -0.25) is 4.79 Å². The monoisotopic (exact) mass is 348 g/mol. The first-order valence-electron chi connectivity index (χ1n) is 7.98. The molecule has 1 amide bonds. The van der Waals surface area contributed by atoms with Crippen molar-refractivity contribution in [3.8, 4) is 0 Å². The van der Waals surface area contributed by atoms with Gasteiger partial charge < -0.3 is 9.84 Å². The molecule has 1 aliphatic rings. The van der Waals surface area contributed by atoms with Gasteiger partial charge in [0, 0.05) is 5.56 Å². The zero-order chi connectivity index (χ0) is 17.3. The molecule has 1 aromatic heterocycles. The van der Waals surface area contributed by atoms with Crippen molar-refractivity contribution in [3.05, 3.63) is 41.3 Å². The minimum atomic E-state index is -3.30. The van der Waals surface area contributed by atoms with Crippen molar-refractivity contribution < 1.29 is 17.7 Å². The molecule has 1 saturated carbocycles. The average Bonchev–Trinajstić information content (AvgIpc) is 3.21. The Morgan fingerprint density at radius 1 is 1.17 bits per heavy atom. The zero-order valence-electron chi connectivity index (χ0n) is 13.7. The van der Waals surface area contributed by atoms with Gasteiger partial charge in [0.15, 0.2) is 15.6 Å². The van der Waals surface area contributed by atoms with E-state index in [0.717, 1.165) is 25.7 Å². The van der Waals surface area contributed by atoms with E-state index < -0.39 is 9.84 Å². The molecule has 1 fully saturated rings. The third kappa shape index (κ3) is 3.08. The summed E-state index contributed by atoms with van der Waals surface area (Å²) in [4.78, 5) is 12.6. The normalized spacial score (nSPS) is 15.6. The van der Waals surface area contributed by atoms with Crippen molar-refractivity contribution in [3.63, 3.8) is 0 Å². The number of carbonyl (C=O) groups excluding carboxylic acids is 1. The Morgan fingerprint density at radius 2 is 1.79 bits per heavy atom. The fourth-order valence-corrected chi connectivity index (χ4v) is 4.89. The molecule has 7 heteroatoms. The summed E-state index contributed by atoms with van der Waals surface area (Å²) < 4.78 is 30.1. The number of amides is 1. The van der Waals surface area contributed by atoms with Gasteiger partial charge in [0.2, 0.25) is 0 Å². The van der Waals surface area contributed by atoms with Gasteiger partial charge in [-0.1, -0.05) is 18.0 Å². The highest BCUT2D eigenvalue weighted by atomic mass is 32.2. The van der Waals surface area contributed by atoms with Crippen LogP contribution in [0.2, 0.25) is 0 Å². The van der Waals surface area contributed by atoms with Gasteiger partial charge in [-0.15, -0.1) is 0 Å². The molecule has 128 valence electrons. The smallest absolute Gasteiger partial charge is 0.255 e. The lowest BCUT2D eigenvalue weighted by Gasteiger charge is -2.11. The van der Waals surface area contributed by atoms with Crippen LogP contribution in [0, 0.1) is 13.8 Å². The second kappa shape index (κ2) is 6.39. The minimum absolute atomic E-state index is 0.281. The van der Waals surface area contributed by atoms with Crippen molar-refractivity contribution in [1.29, 1.82) is 0 Å². The molecule has 1 aromatic carbocycles. The van der Waals surface area contributed by atoms with Crippen LogP contribution in [0.3, 0.4) is 0 Å². The number of benzene rings is 1. The van der Waals surface area contributed by atoms with Crippen molar-refractivity contribution in [2.45, 2.75) is 49.7 Å². The third-order valence-electron chi connectivity index (χ3n) is 4.46. The van der Waals surface area contributed by atoms with E-state index in [4.69, 9.17) is 4.52 Å². The molecular formula is C17H20N2O4S. The van der Waals surface area contributed by atoms with E-state index in [1.807, 2.05) is 0 Å². The summed E-state index contributed by atoms with van der Waals surface area (Å²) in [5.41, 5.74) is 1.53. The van der Waals surface area contributed by atoms with E-state index in [0.29, 0.717) is 22.7 Å². The first-order valence-corrected chi connectivity index (χ1v) is 9.52. The molecule has 2 aromatic rings. The van der Waals surface area contributed by atoms with Crippen molar-refractivity contribution >= 4 is 21.4 Å². The summed E-state index contributed by atoms with van der Waals surface area (Å²) in [6.07, 6.45) is 3.36. The maximum Gasteiger partial charge on any atom is 0.255 e. The Labute approximate surface area is 141 Å². The Morgan fingerprint density at radius 3 is 2.33 bits per heavy atom. The molecule has 24 heavy (non-hydrogen) atoms. The molecule has 0 radical (unpaired) electrons. The number of rotatable bonds is 4. The van der Waals surface area contributed by atoms with Gasteiger partial charge in [0.25, 0.3) is 5.91 Å². The molecule has 0 saturated heterocycles. The maximum absolute atomic E-state index is 12.5. The predicted molar refractivity (Wildman–Crippen MR) is 89.8 cm³/mol. The first kappa shape index (κ1) is 16.7. The van der Waals surface area contributed by atoms with Crippen LogP contribution in [0.5, 0.6) is 0 Å². The Bertz CT molecular complexity index is 828. The summed E-state index contributed by atoms with van der Waals surface area (Å²) >= 11 is 0. The molecule has 0 spiro atoms. The highest BCUT2D eigenvalue weighted by molar-refractivity contribution is 7.92. The molecule has 1 heterocycles. The number of nitrogens with one attached hydrogen (secondary N) is 1. The number of hydrogen-bond acceptors (Lipinski definition) is 5. The topological polar surface area (TPSA) is 89.3 Å². The first-order chi connectivity index (χ1) is 11.4. The molecule has 3 rings (SSSR count). The van der Waals surface area contributed by atoms with Gasteiger partial charge in [-0.25, -0.2) is 8.42 Å². The number of nitrogens with zero attached hydrogens (tertiary/aromatic N) is 1. The largest absolute Gasteiger partial charge is 0.359 e. The zero-order valence-corrected chi connectivity index (χ0v) is 14.5. The Balaban J connectivity index is 1.78. The summed E-state index contributed by atoms with van der Waals surface area (Å²) in [6, 6.07) is 6.09. The van der Waals surface area contributed by atoms with Crippen LogP contribution >= 0.6 is 0 Å². The van der Waals surface area contributed by atoms with E-state index in [1.165, 1.54) is 24.3 Å². The van der Waals surface area contributed by atoms with E-state index >= 15 is 0 Å². The van der Waals surface area contributed by atoms with Crippen molar-refractivity contribution in [2.24, 2.45) is 0 Å². The lowest BCUT2D eigenvalue weighted by molar-refractivity contribution is 0.102. The third-order valence-corrected chi connectivity index (χ3v) is 6.74. The van der Waals surface area contributed by atoms with Gasteiger partial charge in [0.05, 0.1) is 10.1 Å². The predicted octanol–water partition coefficient (Wildman–Crippen LogP) is 3.26. The van der Waals surface area contributed by atoms with Crippen LogP contribution in [0.25, 0.3) is 0 Å². The quantitative estimate of drug-likeness (QED) is 0.916. The summed E-state index contributed by atoms with van der Waals surface area (Å²) in [5.74, 6) is 0.204. The van der Waals surface area contributed by atoms with Crippen molar-refractivity contribution in [2.75, 3.05) is 5.32 Å². The standard InChI is InChI=1S/C17H20N2O4S/c1-11-16(12(2)23-19-11)18-17(20)13-7-9-15(10-8-13)24(21,22)14-5-3-4-6-14/h7-10,14H,3-6H2,1-2H3,(H,18,20). The summed E-state index contributed by atoms with van der Waals surface area (Å²) in [5, 5.41) is 6.24. The van der Waals surface area contributed by atoms with Crippen LogP contribution in [0.15, 0.2) is 33.7 Å². The minimum Gasteiger partial charge on any atom is -0.359 e. The highest BCUT2D eigenvalue weighted by Gasteiger charge is 2.30. The van der Waals surface area contributed by atoms with E-state index in [2.05, 4.69) is 10.5 Å². The van der Waals surface area contributed by atoms with Crippen LogP contribution < -0.4 is 5.32 Å². The highest BCUT2D eigenvalue weighted by Crippen LogP contribution is 2.29. The van der Waals surface area contributed by atoms with Gasteiger partial charge in [-0.2, -0.15) is 0 Å². The molecular weight excluding hydrogens is 328 g/mol. The number of carbonyl (C=O) groups is 1. The van der Waals surface area contributed by atoms with Gasteiger partial charge in [0.1, 0.15) is 11.4 Å². The fraction of sp³-hybridized carbons (Fsp3) is 0.412. The Hall–Kier alpha value is -2.15. The van der Waals surface area contributed by atoms with E-state index in [-0.39, 0.29) is 16.1 Å². The lowest BCUT2D eigenvalue weighted by atomic mass is 10.2. The number of hydrogen-bond donors (Lipinski definition) is 1. The molecule has 0 aliphatic heterocycles. The number of anilines is 1. The maximum atomic E-state index is 12.5. The van der Waals surface area contributed by atoms with E-state index in [1.54, 1.807) is 13.8 Å². The van der Waals surface area contributed by atoms with E-state index in [9.17, 15) is 13.2 Å². The van der Waals surface area contributed by atoms with Crippen LogP contribution in [0.4, 0.5) is 5.69 Å². The van der Waals surface area contributed by atoms with Gasteiger partial charge >= 0.3 is 0 Å². The second-order valence-corrected chi connectivity index (χ2v) is 8.36. The average molecular weight is 348 g/mol. The Kier molecular flexibility index (Phi) is 4.45. The number of aromatic nitrogens is 1. The molecule has 1 aliphatic carbocycles. The number of sulfone groups is 1. The van der Waals surface area contributed by atoms with Crippen LogP contribution in [0.1, 0.15) is 47.5 Å². The van der Waals surface area contributed by atoms with Gasteiger partial charge in [-0.05, 0) is 51.0 Å². The van der Waals surface area contributed by atoms with Crippen LogP contribution in [-0.4, -0.2) is 24.7 Å². The fourth-order valence-electron chi connectivity index (χ4n) is 3.03. The summed E-state index contributed by atoms with van der Waals surface area (Å²) in [7, 11) is -3.30. The molecule has 1 N–H and O–H groups in total.